The van der Waals surface area contributed by atoms with E-state index in [9.17, 15) is 25.2 Å². The van der Waals surface area contributed by atoms with Crippen molar-refractivity contribution in [2.45, 2.75) is 135 Å². The lowest BCUT2D eigenvalue weighted by Gasteiger charge is -2.58. The molecule has 15 atom stereocenters. The highest BCUT2D eigenvalue weighted by atomic mass is 16.7. The Kier molecular flexibility index (Phi) is 9.14. The van der Waals surface area contributed by atoms with Crippen molar-refractivity contribution >= 4 is 11.7 Å². The number of hydrogen-bond acceptors (Lipinski definition) is 9. The molecule has 0 amide bonds. The third-order valence-corrected chi connectivity index (χ3v) is 13.2. The molecule has 0 aromatic rings. The van der Waals surface area contributed by atoms with E-state index >= 15 is 0 Å². The fraction of sp³-hybridized carbons (Fsp3) is 0.886. The van der Waals surface area contributed by atoms with Gasteiger partial charge in [0.25, 0.3) is 0 Å². The summed E-state index contributed by atoms with van der Waals surface area (Å²) in [6.07, 6.45) is 4.89. The number of ether oxygens (including phenoxy) is 3. The predicted molar refractivity (Wildman–Crippen MR) is 165 cm³/mol. The molecule has 0 bridgehead atoms. The number of carbonyl (C=O) groups is 1. The first kappa shape index (κ1) is 32.6. The van der Waals surface area contributed by atoms with E-state index in [-0.39, 0.29) is 34.9 Å². The summed E-state index contributed by atoms with van der Waals surface area (Å²) in [5, 5.41) is 40.5. The van der Waals surface area contributed by atoms with Crippen LogP contribution < -0.4 is 0 Å². The van der Waals surface area contributed by atoms with Gasteiger partial charge in [-0.05, 0) is 92.3 Å². The van der Waals surface area contributed by atoms with Crippen molar-refractivity contribution in [2.75, 3.05) is 13.2 Å². The van der Waals surface area contributed by atoms with Gasteiger partial charge < -0.3 is 34.6 Å². The minimum Gasteiger partial charge on any atom is -0.462 e. The average Bonchev–Trinajstić information content (AvgIpc) is 3.28. The van der Waals surface area contributed by atoms with E-state index in [0.717, 1.165) is 57.9 Å². The summed E-state index contributed by atoms with van der Waals surface area (Å²) in [5.74, 6) is 2.62. The number of rotatable bonds is 6. The second-order valence-electron chi connectivity index (χ2n) is 15.7. The minimum absolute atomic E-state index is 0.0592. The van der Waals surface area contributed by atoms with Crippen LogP contribution in [0.5, 0.6) is 0 Å². The van der Waals surface area contributed by atoms with E-state index < -0.39 is 37.3 Å². The van der Waals surface area contributed by atoms with Crippen LogP contribution in [0.2, 0.25) is 0 Å². The molecular weight excluding hydrogens is 562 g/mol. The second-order valence-corrected chi connectivity index (χ2v) is 15.7. The largest absolute Gasteiger partial charge is 0.462 e. The van der Waals surface area contributed by atoms with Crippen LogP contribution in [0.15, 0.2) is 16.6 Å². The molecule has 6 aliphatic rings. The Bertz CT molecular complexity index is 1140. The fourth-order valence-electron chi connectivity index (χ4n) is 10.8. The molecule has 4 aliphatic carbocycles. The van der Waals surface area contributed by atoms with Gasteiger partial charge in [0.2, 0.25) is 0 Å². The van der Waals surface area contributed by atoms with Crippen LogP contribution in [0.25, 0.3) is 0 Å². The van der Waals surface area contributed by atoms with Gasteiger partial charge >= 0.3 is 5.97 Å². The van der Waals surface area contributed by atoms with Gasteiger partial charge in [-0.25, -0.2) is 0 Å². The maximum atomic E-state index is 12.3. The minimum atomic E-state index is -1.44. The number of aliphatic imine (C=N–C) groups is 1. The van der Waals surface area contributed by atoms with E-state index in [0.29, 0.717) is 29.6 Å². The normalized spacial score (nSPS) is 49.6. The van der Waals surface area contributed by atoms with Gasteiger partial charge in [-0.1, -0.05) is 39.3 Å². The van der Waals surface area contributed by atoms with Crippen molar-refractivity contribution in [1.29, 1.82) is 0 Å². The van der Waals surface area contributed by atoms with Crippen LogP contribution in [0.1, 0.15) is 92.4 Å². The molecule has 1 saturated heterocycles. The van der Waals surface area contributed by atoms with Gasteiger partial charge in [0, 0.05) is 31.0 Å². The Morgan fingerprint density at radius 1 is 1.11 bits per heavy atom. The SMILES string of the molecule is CC(=O)O[C@@H]1C[C@@H]2[C@H]3CC=C4C[C@H](O[C@@H]5O[C@H](CO)[C@@H](O)[C@H](O)[C@H]5O)CC[C@]4(C)[C@H]3CC[C@]2(C)[C@H]1[C@H](C)C1=NC[C@@H](C)CC1. The van der Waals surface area contributed by atoms with E-state index in [1.807, 2.05) is 0 Å². The topological polar surface area (TPSA) is 138 Å². The van der Waals surface area contributed by atoms with Crippen LogP contribution in [0, 0.1) is 46.3 Å². The van der Waals surface area contributed by atoms with Gasteiger partial charge in [-0.15, -0.1) is 0 Å². The first-order valence-corrected chi connectivity index (χ1v) is 17.2. The number of allylic oxidation sites excluding steroid dienone is 1. The van der Waals surface area contributed by atoms with Crippen LogP contribution in [-0.2, 0) is 19.0 Å². The highest BCUT2D eigenvalue weighted by molar-refractivity contribution is 5.87. The lowest BCUT2D eigenvalue weighted by Crippen LogP contribution is -2.60. The average molecular weight is 618 g/mol. The monoisotopic (exact) mass is 617 g/mol. The molecule has 0 spiro atoms. The molecule has 4 fully saturated rings. The summed E-state index contributed by atoms with van der Waals surface area (Å²) in [6, 6.07) is 0. The summed E-state index contributed by atoms with van der Waals surface area (Å²) < 4.78 is 18.0. The molecule has 2 aliphatic heterocycles. The van der Waals surface area contributed by atoms with Gasteiger partial charge in [0.15, 0.2) is 6.29 Å². The fourth-order valence-corrected chi connectivity index (χ4v) is 10.8. The standard InChI is InChI=1S/C35H55NO8/c1-18-6-9-26(36-16-18)19(2)29-27(42-20(3)38)15-25-23-8-7-21-14-22(10-12-34(21,4)24(23)11-13-35(25,29)5)43-33-32(41)31(40)30(39)28(17-37)44-33/h7,18-19,22-25,27-33,37,39-41H,6,8-17H2,1-5H3/t18-,19+,22+,23-,24-,25+,27+,28+,29-,30+,31-,32+,33+,34-,35-/m0/s1. The second kappa shape index (κ2) is 12.3. The zero-order valence-corrected chi connectivity index (χ0v) is 27.2. The Hall–Kier alpha value is -1.36. The van der Waals surface area contributed by atoms with Gasteiger partial charge in [-0.2, -0.15) is 0 Å². The van der Waals surface area contributed by atoms with Crippen molar-refractivity contribution in [2.24, 2.45) is 51.3 Å². The molecule has 6 rings (SSSR count). The molecular formula is C35H55NO8. The highest BCUT2D eigenvalue weighted by Crippen LogP contribution is 2.67. The molecule has 0 radical (unpaired) electrons. The number of aliphatic hydroxyl groups is 4. The molecule has 4 N–H and O–H groups in total. The summed E-state index contributed by atoms with van der Waals surface area (Å²) >= 11 is 0. The van der Waals surface area contributed by atoms with Crippen LogP contribution in [0.4, 0.5) is 0 Å². The van der Waals surface area contributed by atoms with Crippen molar-refractivity contribution in [1.82, 2.24) is 0 Å². The summed E-state index contributed by atoms with van der Waals surface area (Å²) in [6.45, 7) is 11.5. The molecule has 248 valence electrons. The molecule has 0 unspecified atom stereocenters. The predicted octanol–water partition coefficient (Wildman–Crippen LogP) is 3.80. The van der Waals surface area contributed by atoms with Crippen molar-refractivity contribution in [3.8, 4) is 0 Å². The van der Waals surface area contributed by atoms with E-state index in [4.69, 9.17) is 19.2 Å². The van der Waals surface area contributed by atoms with E-state index in [1.165, 1.54) is 17.7 Å². The molecule has 9 nitrogen and oxygen atoms in total. The molecule has 2 heterocycles. The molecule has 44 heavy (non-hydrogen) atoms. The molecule has 0 aromatic carbocycles. The summed E-state index contributed by atoms with van der Waals surface area (Å²) in [5.41, 5.74) is 2.89. The van der Waals surface area contributed by atoms with Crippen molar-refractivity contribution < 1.29 is 39.4 Å². The van der Waals surface area contributed by atoms with E-state index in [1.54, 1.807) is 6.92 Å². The molecule has 0 aromatic heterocycles. The number of esters is 1. The lowest BCUT2D eigenvalue weighted by atomic mass is 9.47. The van der Waals surface area contributed by atoms with Crippen molar-refractivity contribution in [3.05, 3.63) is 11.6 Å². The third-order valence-electron chi connectivity index (χ3n) is 13.2. The zero-order valence-electron chi connectivity index (χ0n) is 27.2. The zero-order chi connectivity index (χ0) is 31.6. The van der Waals surface area contributed by atoms with Crippen LogP contribution >= 0.6 is 0 Å². The Morgan fingerprint density at radius 3 is 2.57 bits per heavy atom. The number of hydrogen-bond donors (Lipinski definition) is 4. The number of nitrogens with zero attached hydrogens (tertiary/aromatic N) is 1. The Morgan fingerprint density at radius 2 is 1.89 bits per heavy atom. The maximum Gasteiger partial charge on any atom is 0.302 e. The smallest absolute Gasteiger partial charge is 0.302 e. The first-order valence-electron chi connectivity index (χ1n) is 17.2. The van der Waals surface area contributed by atoms with Crippen LogP contribution in [0.3, 0.4) is 0 Å². The third kappa shape index (κ3) is 5.51. The number of fused-ring (bicyclic) bond motifs is 5. The number of carbonyl (C=O) groups excluding carboxylic acids is 1. The molecule has 9 heteroatoms. The van der Waals surface area contributed by atoms with Gasteiger partial charge in [0.1, 0.15) is 30.5 Å². The Labute approximate surface area is 262 Å². The Balaban J connectivity index is 1.20. The van der Waals surface area contributed by atoms with Crippen LogP contribution in [-0.4, -0.2) is 88.2 Å². The molecule has 3 saturated carbocycles. The number of aliphatic hydroxyl groups excluding tert-OH is 4. The van der Waals surface area contributed by atoms with Gasteiger partial charge in [0.05, 0.1) is 12.7 Å². The maximum absolute atomic E-state index is 12.3. The quantitative estimate of drug-likeness (QED) is 0.261. The lowest BCUT2D eigenvalue weighted by molar-refractivity contribution is -0.313. The van der Waals surface area contributed by atoms with Crippen molar-refractivity contribution in [3.63, 3.8) is 0 Å². The first-order chi connectivity index (χ1) is 20.9. The highest BCUT2D eigenvalue weighted by Gasteiger charge is 2.63. The summed E-state index contributed by atoms with van der Waals surface area (Å²) in [7, 11) is 0. The van der Waals surface area contributed by atoms with E-state index in [2.05, 4.69) is 33.8 Å². The summed E-state index contributed by atoms with van der Waals surface area (Å²) in [4.78, 5) is 17.4. The van der Waals surface area contributed by atoms with Gasteiger partial charge in [-0.3, -0.25) is 9.79 Å².